The number of amides is 1. The van der Waals surface area contributed by atoms with Crippen molar-refractivity contribution in [1.29, 1.82) is 0 Å². The number of benzene rings is 1. The summed E-state index contributed by atoms with van der Waals surface area (Å²) in [6.45, 7) is 5.06. The Balaban J connectivity index is 1.60. The molecule has 2 aromatic heterocycles. The standard InChI is InChI=1S/C22H23F2N3O3S2/c1-3-15-12(2)32-20-19(15)21(29)27(10-14-5-4-8-30-14)22(26-20)31-11-18(28)25-13-6-7-16(23)17(24)9-13/h6-7,9,14H,3-5,8,10-11H2,1-2H3,(H,25,28). The number of fused-ring (bicyclic) bond motifs is 1. The van der Waals surface area contributed by atoms with Crippen LogP contribution in [0.4, 0.5) is 14.5 Å². The Hall–Kier alpha value is -2.30. The number of thioether (sulfide) groups is 1. The Labute approximate surface area is 192 Å². The highest BCUT2D eigenvalue weighted by atomic mass is 32.2. The lowest BCUT2D eigenvalue weighted by Crippen LogP contribution is -2.29. The third kappa shape index (κ3) is 4.72. The number of nitrogens with one attached hydrogen (secondary N) is 1. The number of ether oxygens (including phenoxy) is 1. The zero-order valence-corrected chi connectivity index (χ0v) is 19.4. The molecule has 0 spiro atoms. The van der Waals surface area contributed by atoms with Crippen molar-refractivity contribution in [2.45, 2.75) is 50.9 Å². The SMILES string of the molecule is CCc1c(C)sc2nc(SCC(=O)Nc3ccc(F)c(F)c3)n(CC3CCCO3)c(=O)c12. The molecule has 10 heteroatoms. The number of aryl methyl sites for hydroxylation is 2. The lowest BCUT2D eigenvalue weighted by atomic mass is 10.1. The topological polar surface area (TPSA) is 73.2 Å². The molecule has 4 rings (SSSR count). The van der Waals surface area contributed by atoms with Gasteiger partial charge in [0, 0.05) is 23.2 Å². The summed E-state index contributed by atoms with van der Waals surface area (Å²) in [5.74, 6) is -2.46. The Kier molecular flexibility index (Phi) is 6.92. The number of aromatic nitrogens is 2. The molecule has 1 unspecified atom stereocenters. The van der Waals surface area contributed by atoms with Crippen molar-refractivity contribution in [3.05, 3.63) is 50.6 Å². The molecular weight excluding hydrogens is 456 g/mol. The molecule has 0 saturated carbocycles. The van der Waals surface area contributed by atoms with E-state index in [2.05, 4.69) is 5.32 Å². The van der Waals surface area contributed by atoms with E-state index in [1.54, 1.807) is 4.57 Å². The van der Waals surface area contributed by atoms with Crippen molar-refractivity contribution in [3.8, 4) is 0 Å². The van der Waals surface area contributed by atoms with Gasteiger partial charge in [0.15, 0.2) is 16.8 Å². The molecule has 1 amide bonds. The number of thiophene rings is 1. The molecule has 0 radical (unpaired) electrons. The number of hydrogen-bond acceptors (Lipinski definition) is 6. The molecule has 32 heavy (non-hydrogen) atoms. The van der Waals surface area contributed by atoms with Crippen LogP contribution in [0.3, 0.4) is 0 Å². The maximum Gasteiger partial charge on any atom is 0.263 e. The Morgan fingerprint density at radius 3 is 2.88 bits per heavy atom. The van der Waals surface area contributed by atoms with Gasteiger partial charge in [-0.3, -0.25) is 14.2 Å². The minimum Gasteiger partial charge on any atom is -0.376 e. The third-order valence-corrected chi connectivity index (χ3v) is 7.39. The van der Waals surface area contributed by atoms with Crippen LogP contribution in [0.25, 0.3) is 10.2 Å². The summed E-state index contributed by atoms with van der Waals surface area (Å²) in [5, 5.41) is 3.63. The van der Waals surface area contributed by atoms with Crippen LogP contribution >= 0.6 is 23.1 Å². The van der Waals surface area contributed by atoms with Gasteiger partial charge < -0.3 is 10.1 Å². The van der Waals surface area contributed by atoms with Crippen molar-refractivity contribution in [2.75, 3.05) is 17.7 Å². The molecule has 3 heterocycles. The maximum absolute atomic E-state index is 13.4. The van der Waals surface area contributed by atoms with E-state index in [-0.39, 0.29) is 23.1 Å². The van der Waals surface area contributed by atoms with E-state index in [4.69, 9.17) is 9.72 Å². The molecule has 1 saturated heterocycles. The lowest BCUT2D eigenvalue weighted by molar-refractivity contribution is -0.113. The molecule has 1 atom stereocenters. The summed E-state index contributed by atoms with van der Waals surface area (Å²) in [6.07, 6.45) is 2.50. The molecule has 1 aliphatic heterocycles. The molecule has 0 bridgehead atoms. The number of carbonyl (C=O) groups excluding carboxylic acids is 1. The van der Waals surface area contributed by atoms with Gasteiger partial charge in [-0.2, -0.15) is 0 Å². The van der Waals surface area contributed by atoms with E-state index in [9.17, 15) is 18.4 Å². The normalized spacial score (nSPS) is 16.1. The Morgan fingerprint density at radius 2 is 2.19 bits per heavy atom. The van der Waals surface area contributed by atoms with Gasteiger partial charge in [0.1, 0.15) is 4.83 Å². The van der Waals surface area contributed by atoms with Gasteiger partial charge in [0.25, 0.3) is 5.56 Å². The first-order valence-corrected chi connectivity index (χ1v) is 12.2. The van der Waals surface area contributed by atoms with Gasteiger partial charge in [0.2, 0.25) is 5.91 Å². The van der Waals surface area contributed by atoms with Crippen LogP contribution in [0.1, 0.15) is 30.2 Å². The van der Waals surface area contributed by atoms with Gasteiger partial charge in [0.05, 0.1) is 23.8 Å². The lowest BCUT2D eigenvalue weighted by Gasteiger charge is -2.16. The van der Waals surface area contributed by atoms with E-state index >= 15 is 0 Å². The number of halogens is 2. The van der Waals surface area contributed by atoms with Gasteiger partial charge >= 0.3 is 0 Å². The van der Waals surface area contributed by atoms with E-state index in [0.717, 1.165) is 53.6 Å². The molecule has 3 aromatic rings. The fourth-order valence-corrected chi connectivity index (χ4v) is 5.78. The van der Waals surface area contributed by atoms with E-state index < -0.39 is 17.5 Å². The molecule has 6 nitrogen and oxygen atoms in total. The highest BCUT2D eigenvalue weighted by Gasteiger charge is 2.23. The minimum atomic E-state index is -1.03. The zero-order chi connectivity index (χ0) is 22.8. The van der Waals surface area contributed by atoms with Crippen molar-refractivity contribution < 1.29 is 18.3 Å². The van der Waals surface area contributed by atoms with Crippen LogP contribution in [0.2, 0.25) is 0 Å². The smallest absolute Gasteiger partial charge is 0.263 e. The molecule has 1 N–H and O–H groups in total. The first-order valence-electron chi connectivity index (χ1n) is 10.4. The van der Waals surface area contributed by atoms with E-state index in [1.165, 1.54) is 17.4 Å². The number of hydrogen-bond donors (Lipinski definition) is 1. The van der Waals surface area contributed by atoms with Crippen molar-refractivity contribution in [1.82, 2.24) is 9.55 Å². The highest BCUT2D eigenvalue weighted by molar-refractivity contribution is 7.99. The van der Waals surface area contributed by atoms with Crippen molar-refractivity contribution in [2.24, 2.45) is 0 Å². The molecule has 1 aliphatic rings. The minimum absolute atomic E-state index is 0.0343. The molecular formula is C22H23F2N3O3S2. The van der Waals surface area contributed by atoms with E-state index in [1.807, 2.05) is 13.8 Å². The van der Waals surface area contributed by atoms with Crippen LogP contribution in [0.15, 0.2) is 28.2 Å². The average molecular weight is 480 g/mol. The third-order valence-electron chi connectivity index (χ3n) is 5.38. The average Bonchev–Trinajstić information content (AvgIpc) is 3.38. The number of anilines is 1. The highest BCUT2D eigenvalue weighted by Crippen LogP contribution is 2.30. The van der Waals surface area contributed by atoms with Crippen molar-refractivity contribution in [3.63, 3.8) is 0 Å². The van der Waals surface area contributed by atoms with Crippen LogP contribution in [-0.4, -0.2) is 33.9 Å². The Morgan fingerprint density at radius 1 is 1.38 bits per heavy atom. The summed E-state index contributed by atoms with van der Waals surface area (Å²) in [6, 6.07) is 3.17. The summed E-state index contributed by atoms with van der Waals surface area (Å²) in [7, 11) is 0. The summed E-state index contributed by atoms with van der Waals surface area (Å²) in [5.41, 5.74) is 1.06. The largest absolute Gasteiger partial charge is 0.376 e. The van der Waals surface area contributed by atoms with Gasteiger partial charge in [-0.15, -0.1) is 11.3 Å². The van der Waals surface area contributed by atoms with Gasteiger partial charge in [-0.05, 0) is 43.9 Å². The van der Waals surface area contributed by atoms with Crippen LogP contribution in [0.5, 0.6) is 0 Å². The van der Waals surface area contributed by atoms with Crippen LogP contribution in [0, 0.1) is 18.6 Å². The first kappa shape index (κ1) is 22.9. The monoisotopic (exact) mass is 479 g/mol. The molecule has 170 valence electrons. The molecule has 1 aromatic carbocycles. The second-order valence-electron chi connectivity index (χ2n) is 7.58. The van der Waals surface area contributed by atoms with Gasteiger partial charge in [-0.1, -0.05) is 18.7 Å². The molecule has 0 aliphatic carbocycles. The van der Waals surface area contributed by atoms with Crippen LogP contribution < -0.4 is 10.9 Å². The number of carbonyl (C=O) groups is 1. The summed E-state index contributed by atoms with van der Waals surface area (Å²) < 4.78 is 33.8. The van der Waals surface area contributed by atoms with Crippen LogP contribution in [-0.2, 0) is 22.5 Å². The summed E-state index contributed by atoms with van der Waals surface area (Å²) in [4.78, 5) is 32.3. The van der Waals surface area contributed by atoms with E-state index in [0.29, 0.717) is 28.5 Å². The predicted octanol–water partition coefficient (Wildman–Crippen LogP) is 4.52. The fourth-order valence-electron chi connectivity index (χ4n) is 3.82. The van der Waals surface area contributed by atoms with Crippen molar-refractivity contribution >= 4 is 44.9 Å². The summed E-state index contributed by atoms with van der Waals surface area (Å²) >= 11 is 2.62. The predicted molar refractivity (Wildman–Crippen MR) is 123 cm³/mol. The Bertz CT molecular complexity index is 1220. The number of rotatable bonds is 7. The quantitative estimate of drug-likeness (QED) is 0.399. The fraction of sp³-hybridized carbons (Fsp3) is 0.409. The number of nitrogens with zero attached hydrogens (tertiary/aromatic N) is 2. The zero-order valence-electron chi connectivity index (χ0n) is 17.7. The second-order valence-corrected chi connectivity index (χ2v) is 9.73. The molecule has 1 fully saturated rings. The maximum atomic E-state index is 13.4. The second kappa shape index (κ2) is 9.68. The first-order chi connectivity index (χ1) is 15.4. The van der Waals surface area contributed by atoms with Gasteiger partial charge in [-0.25, -0.2) is 13.8 Å².